The number of hydrogen-bond donors (Lipinski definition) is 2. The first kappa shape index (κ1) is 14.0. The van der Waals surface area contributed by atoms with Crippen LogP contribution in [0, 0.1) is 11.8 Å². The van der Waals surface area contributed by atoms with Crippen LogP contribution in [0.15, 0.2) is 0 Å². The fraction of sp³-hybridized carbons (Fsp3) is 0.615. The van der Waals surface area contributed by atoms with Crippen molar-refractivity contribution in [3.63, 3.8) is 0 Å². The average Bonchev–Trinajstić information content (AvgIpc) is 2.89. The van der Waals surface area contributed by atoms with Crippen molar-refractivity contribution in [3.8, 4) is 5.75 Å². The highest BCUT2D eigenvalue weighted by Gasteiger charge is 2.31. The minimum atomic E-state index is -0.160. The van der Waals surface area contributed by atoms with E-state index in [0.29, 0.717) is 28.1 Å². The molecule has 1 saturated heterocycles. The molecule has 0 aliphatic carbocycles. The summed E-state index contributed by atoms with van der Waals surface area (Å²) >= 11 is 1.41. The van der Waals surface area contributed by atoms with Gasteiger partial charge in [-0.1, -0.05) is 13.8 Å². The first-order chi connectivity index (χ1) is 8.99. The van der Waals surface area contributed by atoms with E-state index in [0.717, 1.165) is 18.1 Å². The van der Waals surface area contributed by atoms with Gasteiger partial charge in [0.15, 0.2) is 5.75 Å². The average molecular weight is 283 g/mol. The maximum atomic E-state index is 11.8. The quantitative estimate of drug-likeness (QED) is 0.887. The number of anilines is 2. The molecule has 1 aromatic rings. The molecule has 0 spiro atoms. The van der Waals surface area contributed by atoms with Crippen molar-refractivity contribution in [3.05, 3.63) is 4.88 Å². The molecule has 5 nitrogen and oxygen atoms in total. The molecule has 106 valence electrons. The van der Waals surface area contributed by atoms with Crippen LogP contribution in [0.3, 0.4) is 0 Å². The summed E-state index contributed by atoms with van der Waals surface area (Å²) < 4.78 is 5.40. The van der Waals surface area contributed by atoms with Crippen LogP contribution in [-0.2, 0) is 0 Å². The van der Waals surface area contributed by atoms with E-state index in [1.54, 1.807) is 14.2 Å². The lowest BCUT2D eigenvalue weighted by Crippen LogP contribution is -2.19. The number of thiophene rings is 1. The van der Waals surface area contributed by atoms with Gasteiger partial charge in [0, 0.05) is 20.1 Å². The Labute approximate surface area is 117 Å². The smallest absolute Gasteiger partial charge is 0.263 e. The molecule has 1 fully saturated rings. The van der Waals surface area contributed by atoms with Gasteiger partial charge >= 0.3 is 0 Å². The standard InChI is InChI=1S/C13H21N3O2S/c1-7-5-16(6-8(7)2)13-10(18-4)9(14)11(19-13)12(17)15-3/h7-8H,5-6,14H2,1-4H3,(H,15,17). The molecule has 2 heterocycles. The normalized spacial score (nSPS) is 22.6. The van der Waals surface area contributed by atoms with Crippen LogP contribution in [-0.4, -0.2) is 33.2 Å². The predicted molar refractivity (Wildman–Crippen MR) is 79.2 cm³/mol. The van der Waals surface area contributed by atoms with E-state index in [2.05, 4.69) is 24.1 Å². The lowest BCUT2D eigenvalue weighted by molar-refractivity contribution is 0.0967. The van der Waals surface area contributed by atoms with Gasteiger partial charge in [0.05, 0.1) is 7.11 Å². The molecular weight excluding hydrogens is 262 g/mol. The first-order valence-corrected chi connectivity index (χ1v) is 7.24. The van der Waals surface area contributed by atoms with E-state index in [9.17, 15) is 4.79 Å². The summed E-state index contributed by atoms with van der Waals surface area (Å²) in [6.07, 6.45) is 0. The summed E-state index contributed by atoms with van der Waals surface area (Å²) in [6, 6.07) is 0. The zero-order valence-electron chi connectivity index (χ0n) is 11.8. The molecular formula is C13H21N3O2S. The highest BCUT2D eigenvalue weighted by molar-refractivity contribution is 7.19. The molecule has 0 aromatic carbocycles. The number of nitrogens with two attached hydrogens (primary N) is 1. The van der Waals surface area contributed by atoms with Gasteiger partial charge in [-0.15, -0.1) is 11.3 Å². The molecule has 2 rings (SSSR count). The van der Waals surface area contributed by atoms with Crippen LogP contribution in [0.25, 0.3) is 0 Å². The maximum absolute atomic E-state index is 11.8. The minimum absolute atomic E-state index is 0.160. The number of rotatable bonds is 3. The van der Waals surface area contributed by atoms with Crippen LogP contribution >= 0.6 is 11.3 Å². The number of amides is 1. The highest BCUT2D eigenvalue weighted by atomic mass is 32.1. The second-order valence-electron chi connectivity index (χ2n) is 5.12. The molecule has 1 aromatic heterocycles. The molecule has 0 radical (unpaired) electrons. The van der Waals surface area contributed by atoms with Crippen molar-refractivity contribution in [2.24, 2.45) is 11.8 Å². The van der Waals surface area contributed by atoms with Crippen molar-refractivity contribution in [1.82, 2.24) is 5.32 Å². The van der Waals surface area contributed by atoms with E-state index in [1.165, 1.54) is 11.3 Å². The van der Waals surface area contributed by atoms with E-state index in [1.807, 2.05) is 0 Å². The Morgan fingerprint density at radius 3 is 2.47 bits per heavy atom. The molecule has 0 bridgehead atoms. The topological polar surface area (TPSA) is 67.6 Å². The third kappa shape index (κ3) is 2.36. The number of nitrogens with zero attached hydrogens (tertiary/aromatic N) is 1. The zero-order chi connectivity index (χ0) is 14.2. The fourth-order valence-electron chi connectivity index (χ4n) is 2.40. The van der Waals surface area contributed by atoms with Gasteiger partial charge in [0.1, 0.15) is 15.6 Å². The molecule has 1 amide bonds. The van der Waals surface area contributed by atoms with Gasteiger partial charge in [0.2, 0.25) is 0 Å². The third-order valence-corrected chi connectivity index (χ3v) is 5.04. The summed E-state index contributed by atoms with van der Waals surface area (Å²) in [5.74, 6) is 1.74. The number of nitrogen functional groups attached to an aromatic ring is 1. The van der Waals surface area contributed by atoms with Crippen LogP contribution in [0.5, 0.6) is 5.75 Å². The Morgan fingerprint density at radius 1 is 1.42 bits per heavy atom. The number of ether oxygens (including phenoxy) is 1. The summed E-state index contributed by atoms with van der Waals surface area (Å²) in [7, 11) is 3.20. The Hall–Kier alpha value is -1.43. The van der Waals surface area contributed by atoms with Crippen LogP contribution < -0.4 is 20.7 Å². The molecule has 6 heteroatoms. The lowest BCUT2D eigenvalue weighted by Gasteiger charge is -2.17. The minimum Gasteiger partial charge on any atom is -0.492 e. The SMILES string of the molecule is CNC(=O)c1sc(N2CC(C)C(C)C2)c(OC)c1N. The van der Waals surface area contributed by atoms with Crippen molar-refractivity contribution < 1.29 is 9.53 Å². The number of hydrogen-bond acceptors (Lipinski definition) is 5. The third-order valence-electron chi connectivity index (χ3n) is 3.80. The number of methoxy groups -OCH3 is 1. The maximum Gasteiger partial charge on any atom is 0.263 e. The van der Waals surface area contributed by atoms with Crippen molar-refractivity contribution in [2.75, 3.05) is 37.9 Å². The van der Waals surface area contributed by atoms with Crippen LogP contribution in [0.2, 0.25) is 0 Å². The van der Waals surface area contributed by atoms with Crippen LogP contribution in [0.1, 0.15) is 23.5 Å². The van der Waals surface area contributed by atoms with Crippen molar-refractivity contribution in [1.29, 1.82) is 0 Å². The number of carbonyl (C=O) groups excluding carboxylic acids is 1. The number of carbonyl (C=O) groups is 1. The Bertz CT molecular complexity index is 476. The van der Waals surface area contributed by atoms with Gasteiger partial charge in [-0.25, -0.2) is 0 Å². The molecule has 2 unspecified atom stereocenters. The van der Waals surface area contributed by atoms with Crippen molar-refractivity contribution >= 4 is 27.9 Å². The molecule has 2 atom stereocenters. The monoisotopic (exact) mass is 283 g/mol. The second-order valence-corrected chi connectivity index (χ2v) is 6.12. The summed E-state index contributed by atoms with van der Waals surface area (Å²) in [4.78, 5) is 14.6. The van der Waals surface area contributed by atoms with Gasteiger partial charge < -0.3 is 20.7 Å². The molecule has 1 aliphatic rings. The van der Waals surface area contributed by atoms with E-state index in [4.69, 9.17) is 10.5 Å². The second kappa shape index (κ2) is 5.28. The van der Waals surface area contributed by atoms with Gasteiger partial charge in [-0.2, -0.15) is 0 Å². The zero-order valence-corrected chi connectivity index (χ0v) is 12.6. The van der Waals surface area contributed by atoms with Crippen LogP contribution in [0.4, 0.5) is 10.7 Å². The largest absolute Gasteiger partial charge is 0.492 e. The van der Waals surface area contributed by atoms with Gasteiger partial charge in [-0.3, -0.25) is 4.79 Å². The van der Waals surface area contributed by atoms with E-state index in [-0.39, 0.29) is 5.91 Å². The molecule has 19 heavy (non-hydrogen) atoms. The Morgan fingerprint density at radius 2 is 2.00 bits per heavy atom. The number of nitrogens with one attached hydrogen (secondary N) is 1. The van der Waals surface area contributed by atoms with E-state index < -0.39 is 0 Å². The van der Waals surface area contributed by atoms with E-state index >= 15 is 0 Å². The molecule has 1 aliphatic heterocycles. The molecule has 3 N–H and O–H groups in total. The molecule has 0 saturated carbocycles. The van der Waals surface area contributed by atoms with Crippen molar-refractivity contribution in [2.45, 2.75) is 13.8 Å². The Balaban J connectivity index is 2.38. The van der Waals surface area contributed by atoms with Gasteiger partial charge in [0.25, 0.3) is 5.91 Å². The van der Waals surface area contributed by atoms with Gasteiger partial charge in [-0.05, 0) is 11.8 Å². The summed E-state index contributed by atoms with van der Waals surface area (Å²) in [5.41, 5.74) is 6.46. The Kier molecular flexibility index (Phi) is 3.89. The summed E-state index contributed by atoms with van der Waals surface area (Å²) in [5, 5.41) is 3.58. The highest BCUT2D eigenvalue weighted by Crippen LogP contribution is 2.46. The predicted octanol–water partition coefficient (Wildman–Crippen LogP) is 1.79. The summed E-state index contributed by atoms with van der Waals surface area (Å²) in [6.45, 7) is 6.44. The fourth-order valence-corrected chi connectivity index (χ4v) is 3.55. The first-order valence-electron chi connectivity index (χ1n) is 6.42. The lowest BCUT2D eigenvalue weighted by atomic mass is 10.0.